The Bertz CT molecular complexity index is 1130. The second kappa shape index (κ2) is 6.29. The third-order valence-electron chi connectivity index (χ3n) is 4.34. The van der Waals surface area contributed by atoms with Crippen molar-refractivity contribution in [1.82, 2.24) is 9.78 Å². The minimum Gasteiger partial charge on any atom is -0.476 e. The lowest BCUT2D eigenvalue weighted by Gasteiger charge is -2.15. The third-order valence-corrected chi connectivity index (χ3v) is 4.34. The first kappa shape index (κ1) is 17.9. The number of aromatic carboxylic acids is 1. The van der Waals surface area contributed by atoms with Crippen molar-refractivity contribution in [2.45, 2.75) is 12.7 Å². The fourth-order valence-corrected chi connectivity index (χ4v) is 3.06. The van der Waals surface area contributed by atoms with Gasteiger partial charge in [-0.1, -0.05) is 12.1 Å². The molecular formula is C19H11F4N3O2. The van der Waals surface area contributed by atoms with Crippen molar-refractivity contribution >= 4 is 11.7 Å². The molecule has 142 valence electrons. The van der Waals surface area contributed by atoms with Crippen LogP contribution in [0.5, 0.6) is 0 Å². The summed E-state index contributed by atoms with van der Waals surface area (Å²) in [6.45, 7) is -0.0695. The summed E-state index contributed by atoms with van der Waals surface area (Å²) < 4.78 is 55.4. The van der Waals surface area contributed by atoms with E-state index in [1.807, 2.05) is 0 Å². The molecule has 0 spiro atoms. The maximum Gasteiger partial charge on any atom is 0.416 e. The van der Waals surface area contributed by atoms with Crippen LogP contribution in [0.3, 0.4) is 0 Å². The summed E-state index contributed by atoms with van der Waals surface area (Å²) in [5, 5.41) is 13.1. The minimum absolute atomic E-state index is 0.0127. The molecule has 0 saturated carbocycles. The molecule has 0 atom stereocenters. The van der Waals surface area contributed by atoms with Gasteiger partial charge in [0.1, 0.15) is 5.82 Å². The summed E-state index contributed by atoms with van der Waals surface area (Å²) in [5.41, 5.74) is -0.526. The van der Waals surface area contributed by atoms with Crippen molar-refractivity contribution in [2.75, 3.05) is 0 Å². The number of alkyl halides is 3. The number of nitrogens with zero attached hydrogens (tertiary/aromatic N) is 3. The number of benzene rings is 2. The summed E-state index contributed by atoms with van der Waals surface area (Å²) in [7, 11) is 0. The molecular weight excluding hydrogens is 378 g/mol. The zero-order chi connectivity index (χ0) is 20.1. The fourth-order valence-electron chi connectivity index (χ4n) is 3.06. The third kappa shape index (κ3) is 2.94. The molecule has 0 aliphatic carbocycles. The summed E-state index contributed by atoms with van der Waals surface area (Å²) in [6.07, 6.45) is -4.61. The molecule has 1 aliphatic rings. The molecule has 0 amide bonds. The molecule has 0 bridgehead atoms. The molecule has 1 aliphatic heterocycles. The van der Waals surface area contributed by atoms with E-state index in [1.165, 1.54) is 35.0 Å². The first-order valence-electron chi connectivity index (χ1n) is 8.09. The predicted molar refractivity (Wildman–Crippen MR) is 91.3 cm³/mol. The summed E-state index contributed by atoms with van der Waals surface area (Å²) in [4.78, 5) is 15.5. The van der Waals surface area contributed by atoms with Gasteiger partial charge < -0.3 is 5.11 Å². The lowest BCUT2D eigenvalue weighted by Crippen LogP contribution is -2.13. The van der Waals surface area contributed by atoms with E-state index in [2.05, 4.69) is 10.1 Å². The molecule has 0 fully saturated rings. The Labute approximate surface area is 155 Å². The molecule has 0 unspecified atom stereocenters. The van der Waals surface area contributed by atoms with Gasteiger partial charge in [-0.3, -0.25) is 4.99 Å². The zero-order valence-electron chi connectivity index (χ0n) is 14.0. The van der Waals surface area contributed by atoms with Gasteiger partial charge in [-0.25, -0.2) is 13.9 Å². The number of halogens is 4. The molecule has 1 aromatic heterocycles. The molecule has 3 aromatic rings. The van der Waals surface area contributed by atoms with Crippen molar-refractivity contribution in [1.29, 1.82) is 0 Å². The number of carboxylic acids is 1. The lowest BCUT2D eigenvalue weighted by atomic mass is 9.98. The van der Waals surface area contributed by atoms with E-state index in [9.17, 15) is 22.4 Å². The van der Waals surface area contributed by atoms with Crippen molar-refractivity contribution in [3.05, 3.63) is 82.4 Å². The van der Waals surface area contributed by atoms with E-state index in [1.54, 1.807) is 6.07 Å². The van der Waals surface area contributed by atoms with E-state index < -0.39 is 23.5 Å². The first-order chi connectivity index (χ1) is 13.3. The average molecular weight is 389 g/mol. The van der Waals surface area contributed by atoms with E-state index in [-0.39, 0.29) is 34.8 Å². The van der Waals surface area contributed by atoms with Gasteiger partial charge in [0, 0.05) is 11.1 Å². The maximum atomic E-state index is 14.4. The second-order valence-corrected chi connectivity index (χ2v) is 6.11. The molecule has 9 heteroatoms. The zero-order valence-corrected chi connectivity index (χ0v) is 14.0. The summed E-state index contributed by atoms with van der Waals surface area (Å²) >= 11 is 0. The van der Waals surface area contributed by atoms with Gasteiger partial charge >= 0.3 is 12.1 Å². The highest BCUT2D eigenvalue weighted by molar-refractivity contribution is 6.15. The van der Waals surface area contributed by atoms with E-state index in [0.717, 1.165) is 12.1 Å². The predicted octanol–water partition coefficient (Wildman–Crippen LogP) is 4.08. The van der Waals surface area contributed by atoms with Crippen LogP contribution in [0.1, 0.15) is 32.9 Å². The smallest absolute Gasteiger partial charge is 0.416 e. The van der Waals surface area contributed by atoms with Gasteiger partial charge in [0.05, 0.1) is 29.2 Å². The van der Waals surface area contributed by atoms with Gasteiger partial charge in [0.2, 0.25) is 0 Å². The number of hydrogen-bond acceptors (Lipinski definition) is 3. The van der Waals surface area contributed by atoms with Gasteiger partial charge in [-0.05, 0) is 36.4 Å². The molecule has 2 heterocycles. The first-order valence-corrected chi connectivity index (χ1v) is 8.09. The lowest BCUT2D eigenvalue weighted by molar-refractivity contribution is -0.137. The minimum atomic E-state index is -4.61. The Kier molecular flexibility index (Phi) is 4.02. The van der Waals surface area contributed by atoms with E-state index in [4.69, 9.17) is 5.11 Å². The molecule has 5 nitrogen and oxygen atoms in total. The number of carboxylic acid groups (broad SMARTS) is 1. The second-order valence-electron chi connectivity index (χ2n) is 6.11. The largest absolute Gasteiger partial charge is 0.476 e. The molecule has 1 N–H and O–H groups in total. The number of fused-ring (bicyclic) bond motifs is 3. The van der Waals surface area contributed by atoms with Crippen LogP contribution in [-0.2, 0) is 12.7 Å². The van der Waals surface area contributed by atoms with Crippen molar-refractivity contribution in [3.8, 4) is 5.69 Å². The average Bonchev–Trinajstić information content (AvgIpc) is 3.01. The molecule has 4 rings (SSSR count). The monoisotopic (exact) mass is 389 g/mol. The van der Waals surface area contributed by atoms with Crippen LogP contribution in [0.4, 0.5) is 17.6 Å². The molecule has 28 heavy (non-hydrogen) atoms. The highest BCUT2D eigenvalue weighted by Gasteiger charge is 2.33. The van der Waals surface area contributed by atoms with Gasteiger partial charge in [-0.2, -0.15) is 18.3 Å². The van der Waals surface area contributed by atoms with E-state index in [0.29, 0.717) is 5.69 Å². The Hall–Kier alpha value is -3.49. The quantitative estimate of drug-likeness (QED) is 0.672. The number of hydrogen-bond donors (Lipinski definition) is 1. The topological polar surface area (TPSA) is 67.5 Å². The fraction of sp³-hybridized carbons (Fsp3) is 0.105. The Morgan fingerprint density at radius 3 is 2.50 bits per heavy atom. The highest BCUT2D eigenvalue weighted by atomic mass is 19.4. The van der Waals surface area contributed by atoms with Gasteiger partial charge in [0.25, 0.3) is 0 Å². The SMILES string of the molecule is O=C(O)c1cc2n(n1)-c1ccc(C(F)(F)F)cc1C(c1ccccc1F)=NC2. The molecule has 2 aromatic carbocycles. The Balaban J connectivity index is 2.00. The normalized spacial score (nSPS) is 13.4. The number of carbonyl (C=O) groups is 1. The van der Waals surface area contributed by atoms with Crippen LogP contribution in [0.25, 0.3) is 5.69 Å². The van der Waals surface area contributed by atoms with Crippen molar-refractivity contribution < 1.29 is 27.5 Å². The summed E-state index contributed by atoms with van der Waals surface area (Å²) in [5.74, 6) is -1.90. The van der Waals surface area contributed by atoms with Crippen LogP contribution in [0.15, 0.2) is 53.5 Å². The summed E-state index contributed by atoms with van der Waals surface area (Å²) in [6, 6.07) is 9.85. The van der Waals surface area contributed by atoms with Gasteiger partial charge in [0.15, 0.2) is 5.69 Å². The molecule has 0 saturated heterocycles. The standard InChI is InChI=1S/C19H11F4N3O2/c20-14-4-2-1-3-12(14)17-13-7-10(19(21,22)23)5-6-16(13)26-11(9-24-17)8-15(25-26)18(27)28/h1-8H,9H2,(H,27,28). The van der Waals surface area contributed by atoms with Crippen molar-refractivity contribution in [3.63, 3.8) is 0 Å². The van der Waals surface area contributed by atoms with Crippen LogP contribution in [0.2, 0.25) is 0 Å². The van der Waals surface area contributed by atoms with Crippen molar-refractivity contribution in [2.24, 2.45) is 4.99 Å². The number of aromatic nitrogens is 2. The number of rotatable bonds is 2. The molecule has 0 radical (unpaired) electrons. The Morgan fingerprint density at radius 2 is 1.82 bits per heavy atom. The Morgan fingerprint density at radius 1 is 1.07 bits per heavy atom. The van der Waals surface area contributed by atoms with Crippen LogP contribution >= 0.6 is 0 Å². The maximum absolute atomic E-state index is 14.4. The van der Waals surface area contributed by atoms with Crippen LogP contribution in [0, 0.1) is 5.82 Å². The van der Waals surface area contributed by atoms with Gasteiger partial charge in [-0.15, -0.1) is 0 Å². The highest BCUT2D eigenvalue weighted by Crippen LogP contribution is 2.34. The van der Waals surface area contributed by atoms with Crippen LogP contribution in [-0.4, -0.2) is 26.6 Å². The number of aliphatic imine (C=N–C) groups is 1. The van der Waals surface area contributed by atoms with Crippen LogP contribution < -0.4 is 0 Å². The van der Waals surface area contributed by atoms with E-state index >= 15 is 0 Å².